The third-order valence-corrected chi connectivity index (χ3v) is 4.04. The van der Waals surface area contributed by atoms with Crippen molar-refractivity contribution in [1.29, 1.82) is 0 Å². The molecule has 2 saturated heterocycles. The highest BCUT2D eigenvalue weighted by atomic mass is 32.2. The molecule has 2 heterocycles. The molecule has 0 bridgehead atoms. The molecule has 0 unspecified atom stereocenters. The molecule has 0 spiro atoms. The average Bonchev–Trinajstić information content (AvgIpc) is 2.19. The fourth-order valence-corrected chi connectivity index (χ4v) is 3.31. The summed E-state index contributed by atoms with van der Waals surface area (Å²) in [6.07, 6.45) is 4.48. The van der Waals surface area contributed by atoms with Gasteiger partial charge in [0.15, 0.2) is 0 Å². The summed E-state index contributed by atoms with van der Waals surface area (Å²) < 4.78 is 0. The summed E-state index contributed by atoms with van der Waals surface area (Å²) in [5.74, 6) is 3.02. The van der Waals surface area contributed by atoms with Gasteiger partial charge in [0.25, 0.3) is 0 Å². The number of likely N-dealkylation sites (tertiary alicyclic amines) is 1. The van der Waals surface area contributed by atoms with Gasteiger partial charge in [0, 0.05) is 12.5 Å². The molecule has 2 rings (SSSR count). The molecular weight excluding hydrogens is 182 g/mol. The number of ketones is 1. The number of piperidine rings is 1. The Labute approximate surface area is 84.1 Å². The molecule has 3 heteroatoms. The minimum Gasteiger partial charge on any atom is -0.298 e. The zero-order valence-corrected chi connectivity index (χ0v) is 8.81. The summed E-state index contributed by atoms with van der Waals surface area (Å²) in [5, 5.41) is 0. The first-order valence-electron chi connectivity index (χ1n) is 5.20. The van der Waals surface area contributed by atoms with Gasteiger partial charge in [-0.2, -0.15) is 11.8 Å². The molecule has 0 atom stereocenters. The van der Waals surface area contributed by atoms with Crippen molar-refractivity contribution in [3.05, 3.63) is 0 Å². The summed E-state index contributed by atoms with van der Waals surface area (Å²) in [4.78, 5) is 13.7. The lowest BCUT2D eigenvalue weighted by Gasteiger charge is -2.35. The van der Waals surface area contributed by atoms with Crippen LogP contribution in [0.15, 0.2) is 0 Å². The lowest BCUT2D eigenvalue weighted by atomic mass is 10.0. The summed E-state index contributed by atoms with van der Waals surface area (Å²) >= 11 is 2.05. The number of carbonyl (C=O) groups excluding carboxylic acids is 1. The maximum Gasteiger partial charge on any atom is 0.146 e. The van der Waals surface area contributed by atoms with E-state index in [9.17, 15) is 4.79 Å². The van der Waals surface area contributed by atoms with E-state index in [1.807, 2.05) is 0 Å². The molecule has 0 radical (unpaired) electrons. The van der Waals surface area contributed by atoms with Crippen molar-refractivity contribution >= 4 is 17.5 Å². The summed E-state index contributed by atoms with van der Waals surface area (Å²) in [5.41, 5.74) is 0. The molecule has 0 aromatic rings. The van der Waals surface area contributed by atoms with Crippen LogP contribution in [-0.4, -0.2) is 41.3 Å². The van der Waals surface area contributed by atoms with Crippen LogP contribution in [0, 0.1) is 0 Å². The second-order valence-electron chi connectivity index (χ2n) is 3.96. The van der Waals surface area contributed by atoms with E-state index >= 15 is 0 Å². The molecule has 2 nitrogen and oxygen atoms in total. The zero-order valence-electron chi connectivity index (χ0n) is 8.00. The predicted octanol–water partition coefficient (Wildman–Crippen LogP) is 1.55. The highest BCUT2D eigenvalue weighted by Crippen LogP contribution is 2.23. The summed E-state index contributed by atoms with van der Waals surface area (Å²) in [6, 6.07) is 0.713. The van der Waals surface area contributed by atoms with E-state index in [0.717, 1.165) is 25.9 Å². The Morgan fingerprint density at radius 3 is 2.77 bits per heavy atom. The van der Waals surface area contributed by atoms with Crippen LogP contribution >= 0.6 is 11.8 Å². The summed E-state index contributed by atoms with van der Waals surface area (Å²) in [7, 11) is 0. The van der Waals surface area contributed by atoms with Crippen molar-refractivity contribution in [3.8, 4) is 0 Å². The lowest BCUT2D eigenvalue weighted by molar-refractivity contribution is -0.123. The Kier molecular flexibility index (Phi) is 3.28. The highest BCUT2D eigenvalue weighted by molar-refractivity contribution is 7.99. The number of rotatable bonds is 1. The van der Waals surface area contributed by atoms with Crippen molar-refractivity contribution in [2.24, 2.45) is 0 Å². The molecule has 0 aromatic carbocycles. The van der Waals surface area contributed by atoms with Crippen LogP contribution in [0.1, 0.15) is 25.7 Å². The average molecular weight is 199 g/mol. The van der Waals surface area contributed by atoms with Crippen molar-refractivity contribution in [1.82, 2.24) is 4.90 Å². The van der Waals surface area contributed by atoms with E-state index in [1.165, 1.54) is 24.3 Å². The molecule has 2 aliphatic rings. The van der Waals surface area contributed by atoms with Crippen LogP contribution < -0.4 is 0 Å². The zero-order chi connectivity index (χ0) is 9.10. The second-order valence-corrected chi connectivity index (χ2v) is 5.18. The number of thioether (sulfide) groups is 1. The number of Topliss-reactive ketones (excluding diaryl/α,β-unsaturated/α-hetero) is 1. The Hall–Kier alpha value is -0.0200. The molecule has 0 aliphatic carbocycles. The smallest absolute Gasteiger partial charge is 0.146 e. The third-order valence-electron chi connectivity index (χ3n) is 2.99. The van der Waals surface area contributed by atoms with Gasteiger partial charge in [-0.25, -0.2) is 0 Å². The number of carbonyl (C=O) groups is 1. The first-order chi connectivity index (χ1) is 6.36. The molecule has 74 valence electrons. The maximum atomic E-state index is 11.3. The van der Waals surface area contributed by atoms with Crippen LogP contribution in [0.3, 0.4) is 0 Å². The highest BCUT2D eigenvalue weighted by Gasteiger charge is 2.25. The van der Waals surface area contributed by atoms with Gasteiger partial charge in [0.1, 0.15) is 5.78 Å². The standard InChI is InChI=1S/C10H17NOS/c12-10-2-1-5-11(8-10)9-3-6-13-7-4-9/h9H,1-8H2. The van der Waals surface area contributed by atoms with Gasteiger partial charge >= 0.3 is 0 Å². The van der Waals surface area contributed by atoms with E-state index in [1.54, 1.807) is 0 Å². The van der Waals surface area contributed by atoms with Crippen LogP contribution in [0.2, 0.25) is 0 Å². The summed E-state index contributed by atoms with van der Waals surface area (Å²) in [6.45, 7) is 1.89. The fraction of sp³-hybridized carbons (Fsp3) is 0.900. The van der Waals surface area contributed by atoms with Crippen LogP contribution in [0.25, 0.3) is 0 Å². The van der Waals surface area contributed by atoms with E-state index in [2.05, 4.69) is 16.7 Å². The molecule has 0 N–H and O–H groups in total. The minimum atomic E-state index is 0.449. The molecular formula is C10H17NOS. The Bertz CT molecular complexity index is 189. The molecule has 0 amide bonds. The quantitative estimate of drug-likeness (QED) is 0.639. The molecule has 0 aromatic heterocycles. The Balaban J connectivity index is 1.87. The maximum absolute atomic E-state index is 11.3. The van der Waals surface area contributed by atoms with Gasteiger partial charge in [-0.3, -0.25) is 9.69 Å². The SMILES string of the molecule is O=C1CCCN(C2CCSCC2)C1. The van der Waals surface area contributed by atoms with Crippen molar-refractivity contribution in [3.63, 3.8) is 0 Å². The second kappa shape index (κ2) is 4.47. The van der Waals surface area contributed by atoms with Crippen molar-refractivity contribution in [2.75, 3.05) is 24.6 Å². The topological polar surface area (TPSA) is 20.3 Å². The van der Waals surface area contributed by atoms with Gasteiger partial charge < -0.3 is 0 Å². The van der Waals surface area contributed by atoms with Crippen molar-refractivity contribution in [2.45, 2.75) is 31.7 Å². The Morgan fingerprint density at radius 2 is 2.08 bits per heavy atom. The van der Waals surface area contributed by atoms with Gasteiger partial charge in [-0.05, 0) is 37.3 Å². The van der Waals surface area contributed by atoms with Gasteiger partial charge in [-0.15, -0.1) is 0 Å². The number of hydrogen-bond acceptors (Lipinski definition) is 3. The number of nitrogens with zero attached hydrogens (tertiary/aromatic N) is 1. The number of hydrogen-bond donors (Lipinski definition) is 0. The van der Waals surface area contributed by atoms with Crippen LogP contribution in [-0.2, 0) is 4.79 Å². The molecule has 2 fully saturated rings. The first kappa shape index (κ1) is 9.53. The minimum absolute atomic E-state index is 0.449. The van der Waals surface area contributed by atoms with Crippen molar-refractivity contribution < 1.29 is 4.79 Å². The van der Waals surface area contributed by atoms with Gasteiger partial charge in [0.2, 0.25) is 0 Å². The van der Waals surface area contributed by atoms with Crippen LogP contribution in [0.5, 0.6) is 0 Å². The van der Waals surface area contributed by atoms with Crippen LogP contribution in [0.4, 0.5) is 0 Å². The first-order valence-corrected chi connectivity index (χ1v) is 6.35. The van der Waals surface area contributed by atoms with E-state index in [4.69, 9.17) is 0 Å². The normalized spacial score (nSPS) is 27.8. The van der Waals surface area contributed by atoms with E-state index in [-0.39, 0.29) is 0 Å². The molecule has 0 saturated carbocycles. The molecule has 2 aliphatic heterocycles. The largest absolute Gasteiger partial charge is 0.298 e. The Morgan fingerprint density at radius 1 is 1.31 bits per heavy atom. The fourth-order valence-electron chi connectivity index (χ4n) is 2.23. The van der Waals surface area contributed by atoms with E-state index in [0.29, 0.717) is 11.8 Å². The van der Waals surface area contributed by atoms with E-state index < -0.39 is 0 Å². The lowest BCUT2D eigenvalue weighted by Crippen LogP contribution is -2.44. The third kappa shape index (κ3) is 2.47. The predicted molar refractivity (Wildman–Crippen MR) is 56.2 cm³/mol. The van der Waals surface area contributed by atoms with Gasteiger partial charge in [-0.1, -0.05) is 0 Å². The van der Waals surface area contributed by atoms with Gasteiger partial charge in [0.05, 0.1) is 6.54 Å². The monoisotopic (exact) mass is 199 g/mol. The molecule has 13 heavy (non-hydrogen) atoms.